The minimum atomic E-state index is -0.130. The zero-order valence-electron chi connectivity index (χ0n) is 11.2. The molecule has 1 atom stereocenters. The van der Waals surface area contributed by atoms with E-state index in [0.717, 1.165) is 5.56 Å². The van der Waals surface area contributed by atoms with Gasteiger partial charge in [0, 0.05) is 19.5 Å². The second-order valence-corrected chi connectivity index (χ2v) is 6.50. The Kier molecular flexibility index (Phi) is 5.14. The van der Waals surface area contributed by atoms with E-state index in [-0.39, 0.29) is 23.5 Å². The number of benzene rings is 1. The van der Waals surface area contributed by atoms with Crippen LogP contribution in [-0.4, -0.2) is 32.8 Å². The van der Waals surface area contributed by atoms with Gasteiger partial charge in [0.2, 0.25) is 11.8 Å². The molecule has 0 saturated carbocycles. The van der Waals surface area contributed by atoms with E-state index in [0.29, 0.717) is 17.4 Å². The van der Waals surface area contributed by atoms with Crippen molar-refractivity contribution in [2.75, 3.05) is 6.54 Å². The van der Waals surface area contributed by atoms with E-state index in [4.69, 9.17) is 12.2 Å². The molecule has 1 fully saturated rings. The quantitative estimate of drug-likeness (QED) is 0.845. The van der Waals surface area contributed by atoms with Gasteiger partial charge in [-0.15, -0.1) is 0 Å². The SMILES string of the molecule is CC1SC(=S)N(CCC(=O)NCc2ccccc2)C1=O. The van der Waals surface area contributed by atoms with Crippen molar-refractivity contribution in [3.8, 4) is 0 Å². The predicted molar refractivity (Wildman–Crippen MR) is 84.3 cm³/mol. The summed E-state index contributed by atoms with van der Waals surface area (Å²) in [5, 5.41) is 2.71. The number of hydrogen-bond acceptors (Lipinski definition) is 4. The van der Waals surface area contributed by atoms with Crippen LogP contribution >= 0.6 is 24.0 Å². The van der Waals surface area contributed by atoms with Crippen LogP contribution in [0.15, 0.2) is 30.3 Å². The highest BCUT2D eigenvalue weighted by Gasteiger charge is 2.33. The smallest absolute Gasteiger partial charge is 0.241 e. The van der Waals surface area contributed by atoms with Gasteiger partial charge >= 0.3 is 0 Å². The van der Waals surface area contributed by atoms with Gasteiger partial charge in [-0.1, -0.05) is 54.3 Å². The number of carbonyl (C=O) groups excluding carboxylic acids is 2. The summed E-state index contributed by atoms with van der Waals surface area (Å²) in [7, 11) is 0. The largest absolute Gasteiger partial charge is 0.352 e. The number of amides is 2. The average molecular weight is 308 g/mol. The van der Waals surface area contributed by atoms with Gasteiger partial charge in [-0.05, 0) is 12.5 Å². The fourth-order valence-electron chi connectivity index (χ4n) is 1.87. The van der Waals surface area contributed by atoms with Crippen molar-refractivity contribution in [3.63, 3.8) is 0 Å². The molecule has 0 spiro atoms. The zero-order valence-corrected chi connectivity index (χ0v) is 12.8. The first-order valence-electron chi connectivity index (χ1n) is 6.40. The van der Waals surface area contributed by atoms with Crippen LogP contribution in [0.5, 0.6) is 0 Å². The average Bonchev–Trinajstić information content (AvgIpc) is 2.69. The summed E-state index contributed by atoms with van der Waals surface area (Å²) in [5.41, 5.74) is 1.05. The van der Waals surface area contributed by atoms with Crippen molar-refractivity contribution in [1.29, 1.82) is 0 Å². The molecule has 20 heavy (non-hydrogen) atoms. The van der Waals surface area contributed by atoms with Gasteiger partial charge in [0.1, 0.15) is 4.32 Å². The van der Waals surface area contributed by atoms with Gasteiger partial charge in [0.15, 0.2) is 0 Å². The summed E-state index contributed by atoms with van der Waals surface area (Å²) in [6.45, 7) is 2.69. The highest BCUT2D eigenvalue weighted by atomic mass is 32.2. The molecule has 1 aliphatic rings. The molecule has 1 N–H and O–H groups in total. The molecule has 106 valence electrons. The maximum absolute atomic E-state index is 11.8. The van der Waals surface area contributed by atoms with Gasteiger partial charge in [-0.3, -0.25) is 14.5 Å². The first-order valence-corrected chi connectivity index (χ1v) is 7.69. The van der Waals surface area contributed by atoms with Crippen LogP contribution in [0, 0.1) is 0 Å². The third-order valence-corrected chi connectivity index (χ3v) is 4.49. The van der Waals surface area contributed by atoms with Crippen LogP contribution in [0.2, 0.25) is 0 Å². The Hall–Kier alpha value is -1.40. The van der Waals surface area contributed by atoms with Crippen LogP contribution in [0.1, 0.15) is 18.9 Å². The first kappa shape index (κ1) is 15.0. The lowest BCUT2D eigenvalue weighted by molar-refractivity contribution is -0.126. The van der Waals surface area contributed by atoms with Crippen molar-refractivity contribution in [3.05, 3.63) is 35.9 Å². The standard InChI is InChI=1S/C14H16N2O2S2/c1-10-13(18)16(14(19)20-10)8-7-12(17)15-9-11-5-3-2-4-6-11/h2-6,10H,7-9H2,1H3,(H,15,17). The van der Waals surface area contributed by atoms with Crippen LogP contribution in [0.25, 0.3) is 0 Å². The van der Waals surface area contributed by atoms with Gasteiger partial charge < -0.3 is 5.32 Å². The van der Waals surface area contributed by atoms with E-state index in [1.54, 1.807) is 0 Å². The van der Waals surface area contributed by atoms with E-state index in [1.165, 1.54) is 16.7 Å². The second kappa shape index (κ2) is 6.85. The van der Waals surface area contributed by atoms with Gasteiger partial charge in [0.25, 0.3) is 0 Å². The lowest BCUT2D eigenvalue weighted by Gasteiger charge is -2.14. The van der Waals surface area contributed by atoms with E-state index >= 15 is 0 Å². The summed E-state index contributed by atoms with van der Waals surface area (Å²) in [6.07, 6.45) is 0.270. The van der Waals surface area contributed by atoms with Gasteiger partial charge in [-0.2, -0.15) is 0 Å². The minimum absolute atomic E-state index is 0.00383. The molecule has 1 aliphatic heterocycles. The Labute approximate surface area is 127 Å². The highest BCUT2D eigenvalue weighted by molar-refractivity contribution is 8.24. The number of hydrogen-bond donors (Lipinski definition) is 1. The Morgan fingerprint density at radius 1 is 1.40 bits per heavy atom. The third kappa shape index (κ3) is 3.80. The molecule has 2 amide bonds. The summed E-state index contributed by atoms with van der Waals surface area (Å²) in [4.78, 5) is 25.1. The fourth-order valence-corrected chi connectivity index (χ4v) is 3.33. The zero-order chi connectivity index (χ0) is 14.5. The monoisotopic (exact) mass is 308 g/mol. The second-order valence-electron chi connectivity index (χ2n) is 4.53. The molecule has 2 rings (SSSR count). The normalized spacial score (nSPS) is 18.4. The fraction of sp³-hybridized carbons (Fsp3) is 0.357. The molecule has 1 aromatic carbocycles. The Bertz CT molecular complexity index is 519. The number of carbonyl (C=O) groups is 2. The molecule has 1 saturated heterocycles. The number of rotatable bonds is 5. The van der Waals surface area contributed by atoms with Crippen LogP contribution in [0.4, 0.5) is 0 Å². The molecule has 0 aliphatic carbocycles. The molecule has 1 aromatic rings. The van der Waals surface area contributed by atoms with Crippen LogP contribution in [-0.2, 0) is 16.1 Å². The van der Waals surface area contributed by atoms with Crippen molar-refractivity contribution < 1.29 is 9.59 Å². The van der Waals surface area contributed by atoms with E-state index in [2.05, 4.69) is 5.32 Å². The number of nitrogens with one attached hydrogen (secondary N) is 1. The number of thioether (sulfide) groups is 1. The molecule has 4 nitrogen and oxygen atoms in total. The minimum Gasteiger partial charge on any atom is -0.352 e. The molecule has 0 aromatic heterocycles. The Morgan fingerprint density at radius 3 is 2.70 bits per heavy atom. The van der Waals surface area contributed by atoms with Gasteiger partial charge in [0.05, 0.1) is 5.25 Å². The number of thiocarbonyl (C=S) groups is 1. The molecule has 0 bridgehead atoms. The molecular weight excluding hydrogens is 292 g/mol. The lowest BCUT2D eigenvalue weighted by Crippen LogP contribution is -2.34. The van der Waals surface area contributed by atoms with Crippen molar-refractivity contribution in [1.82, 2.24) is 10.2 Å². The lowest BCUT2D eigenvalue weighted by atomic mass is 10.2. The van der Waals surface area contributed by atoms with Crippen molar-refractivity contribution >= 4 is 40.1 Å². The highest BCUT2D eigenvalue weighted by Crippen LogP contribution is 2.26. The van der Waals surface area contributed by atoms with Crippen molar-refractivity contribution in [2.45, 2.75) is 25.1 Å². The maximum atomic E-state index is 11.8. The predicted octanol–water partition coefficient (Wildman–Crippen LogP) is 1.94. The van der Waals surface area contributed by atoms with Gasteiger partial charge in [-0.25, -0.2) is 0 Å². The van der Waals surface area contributed by atoms with E-state index in [9.17, 15) is 9.59 Å². The molecule has 1 heterocycles. The topological polar surface area (TPSA) is 49.4 Å². The molecular formula is C14H16N2O2S2. The summed E-state index contributed by atoms with van der Waals surface area (Å²) >= 11 is 6.50. The van der Waals surface area contributed by atoms with E-state index in [1.807, 2.05) is 37.3 Å². The molecule has 1 unspecified atom stereocenters. The van der Waals surface area contributed by atoms with Crippen LogP contribution < -0.4 is 5.32 Å². The Morgan fingerprint density at radius 2 is 2.10 bits per heavy atom. The summed E-state index contributed by atoms with van der Waals surface area (Å²) < 4.78 is 0.568. The third-order valence-electron chi connectivity index (χ3n) is 3.01. The molecule has 6 heteroatoms. The first-order chi connectivity index (χ1) is 9.58. The van der Waals surface area contributed by atoms with Crippen molar-refractivity contribution in [2.24, 2.45) is 0 Å². The number of nitrogens with zero attached hydrogens (tertiary/aromatic N) is 1. The summed E-state index contributed by atoms with van der Waals surface area (Å²) in [5.74, 6) is -0.0788. The van der Waals surface area contributed by atoms with Crippen LogP contribution in [0.3, 0.4) is 0 Å². The Balaban J connectivity index is 1.76. The summed E-state index contributed by atoms with van der Waals surface area (Å²) in [6, 6.07) is 9.71. The molecule has 0 radical (unpaired) electrons. The van der Waals surface area contributed by atoms with E-state index < -0.39 is 0 Å². The maximum Gasteiger partial charge on any atom is 0.241 e.